The molecule has 1 aromatic carbocycles. The van der Waals surface area contributed by atoms with Gasteiger partial charge in [0.15, 0.2) is 0 Å². The molecule has 5 heteroatoms. The number of hydrogen-bond acceptors (Lipinski definition) is 5. The Labute approximate surface area is 118 Å². The smallest absolute Gasteiger partial charge is 0.376 e. The summed E-state index contributed by atoms with van der Waals surface area (Å²) in [5.74, 6) is 0.0960. The number of esters is 1. The van der Waals surface area contributed by atoms with Crippen LogP contribution in [0.2, 0.25) is 0 Å². The third kappa shape index (κ3) is 3.32. The normalized spacial score (nSPS) is 11.8. The van der Waals surface area contributed by atoms with Crippen LogP contribution < -0.4 is 5.32 Å². The molecule has 0 radical (unpaired) electrons. The summed E-state index contributed by atoms with van der Waals surface area (Å²) >= 11 is 0. The van der Waals surface area contributed by atoms with E-state index >= 15 is 0 Å². The van der Waals surface area contributed by atoms with Crippen LogP contribution in [-0.4, -0.2) is 23.0 Å². The number of aromatic nitrogens is 2. The molecular weight excluding hydrogens is 254 g/mol. The Bertz CT molecular complexity index is 596. The van der Waals surface area contributed by atoms with Crippen molar-refractivity contribution in [3.05, 3.63) is 53.5 Å². The minimum absolute atomic E-state index is 0.0496. The van der Waals surface area contributed by atoms with Gasteiger partial charge in [0.1, 0.15) is 5.82 Å². The Morgan fingerprint density at radius 2 is 1.95 bits per heavy atom. The van der Waals surface area contributed by atoms with E-state index < -0.39 is 5.97 Å². The Kier molecular flexibility index (Phi) is 4.30. The van der Waals surface area contributed by atoms with Crippen LogP contribution in [-0.2, 0) is 4.74 Å². The predicted molar refractivity (Wildman–Crippen MR) is 76.6 cm³/mol. The van der Waals surface area contributed by atoms with Gasteiger partial charge >= 0.3 is 5.97 Å². The molecule has 0 bridgehead atoms. The molecule has 0 fully saturated rings. The summed E-state index contributed by atoms with van der Waals surface area (Å²) in [7, 11) is 1.31. The van der Waals surface area contributed by atoms with Crippen molar-refractivity contribution in [3.8, 4) is 0 Å². The fourth-order valence-electron chi connectivity index (χ4n) is 1.79. The van der Waals surface area contributed by atoms with Crippen LogP contribution in [0.15, 0.2) is 36.5 Å². The maximum Gasteiger partial charge on any atom is 0.376 e. The second-order valence-electron chi connectivity index (χ2n) is 4.53. The van der Waals surface area contributed by atoms with Crippen LogP contribution in [0.5, 0.6) is 0 Å². The van der Waals surface area contributed by atoms with E-state index in [1.807, 2.05) is 6.92 Å². The van der Waals surface area contributed by atoms with Crippen molar-refractivity contribution < 1.29 is 9.53 Å². The van der Waals surface area contributed by atoms with Crippen molar-refractivity contribution in [1.82, 2.24) is 9.97 Å². The topological polar surface area (TPSA) is 64.1 Å². The first-order chi connectivity index (χ1) is 9.60. The Balaban J connectivity index is 2.13. The number of nitrogens with zero attached hydrogens (tertiary/aromatic N) is 2. The van der Waals surface area contributed by atoms with E-state index in [9.17, 15) is 4.79 Å². The van der Waals surface area contributed by atoms with Gasteiger partial charge in [-0.2, -0.15) is 0 Å². The number of carbonyl (C=O) groups is 1. The van der Waals surface area contributed by atoms with E-state index in [4.69, 9.17) is 0 Å². The molecule has 1 heterocycles. The zero-order valence-electron chi connectivity index (χ0n) is 11.8. The second-order valence-corrected chi connectivity index (χ2v) is 4.53. The molecular formula is C15H17N3O2. The summed E-state index contributed by atoms with van der Waals surface area (Å²) in [6.07, 6.45) is 1.53. The van der Waals surface area contributed by atoms with Crippen molar-refractivity contribution in [1.29, 1.82) is 0 Å². The number of methoxy groups -OCH3 is 1. The van der Waals surface area contributed by atoms with Gasteiger partial charge in [0.05, 0.1) is 7.11 Å². The highest BCUT2D eigenvalue weighted by Gasteiger charge is 2.11. The van der Waals surface area contributed by atoms with Crippen molar-refractivity contribution in [3.63, 3.8) is 0 Å². The molecule has 0 saturated heterocycles. The first-order valence-corrected chi connectivity index (χ1v) is 6.34. The first-order valence-electron chi connectivity index (χ1n) is 6.34. The molecule has 0 saturated carbocycles. The maximum atomic E-state index is 11.4. The Morgan fingerprint density at radius 1 is 1.25 bits per heavy atom. The van der Waals surface area contributed by atoms with Crippen LogP contribution in [0.4, 0.5) is 5.82 Å². The zero-order valence-corrected chi connectivity index (χ0v) is 11.8. The lowest BCUT2D eigenvalue weighted by molar-refractivity contribution is 0.0587. The van der Waals surface area contributed by atoms with Crippen LogP contribution in [0.3, 0.4) is 0 Å². The molecule has 1 N–H and O–H groups in total. The Morgan fingerprint density at radius 3 is 2.60 bits per heavy atom. The number of aryl methyl sites for hydroxylation is 1. The van der Waals surface area contributed by atoms with Crippen molar-refractivity contribution in [2.45, 2.75) is 19.9 Å². The van der Waals surface area contributed by atoms with E-state index in [1.165, 1.54) is 18.9 Å². The van der Waals surface area contributed by atoms with E-state index in [0.717, 1.165) is 5.56 Å². The van der Waals surface area contributed by atoms with E-state index in [0.29, 0.717) is 5.82 Å². The Hall–Kier alpha value is -2.43. The van der Waals surface area contributed by atoms with Gasteiger partial charge in [0.25, 0.3) is 0 Å². The third-order valence-electron chi connectivity index (χ3n) is 2.97. The van der Waals surface area contributed by atoms with E-state index in [1.54, 1.807) is 6.07 Å². The molecule has 0 amide bonds. The van der Waals surface area contributed by atoms with Crippen LogP contribution >= 0.6 is 0 Å². The largest absolute Gasteiger partial charge is 0.463 e. The van der Waals surface area contributed by atoms with Crippen LogP contribution in [0, 0.1) is 6.92 Å². The minimum atomic E-state index is -0.545. The average molecular weight is 271 g/mol. The fourth-order valence-corrected chi connectivity index (χ4v) is 1.79. The lowest BCUT2D eigenvalue weighted by Crippen LogP contribution is -2.12. The summed E-state index contributed by atoms with van der Waals surface area (Å²) in [6, 6.07) is 10.1. The lowest BCUT2D eigenvalue weighted by atomic mass is 10.1. The van der Waals surface area contributed by atoms with Crippen molar-refractivity contribution in [2.75, 3.05) is 12.4 Å². The average Bonchev–Trinajstić information content (AvgIpc) is 2.47. The van der Waals surface area contributed by atoms with Gasteiger partial charge in [-0.05, 0) is 25.5 Å². The molecule has 0 aliphatic carbocycles. The number of hydrogen-bond donors (Lipinski definition) is 1. The van der Waals surface area contributed by atoms with Gasteiger partial charge in [-0.1, -0.05) is 29.8 Å². The third-order valence-corrected chi connectivity index (χ3v) is 2.97. The molecule has 104 valence electrons. The fraction of sp³-hybridized carbons (Fsp3) is 0.267. The highest BCUT2D eigenvalue weighted by Crippen LogP contribution is 2.18. The highest BCUT2D eigenvalue weighted by molar-refractivity contribution is 5.85. The van der Waals surface area contributed by atoms with Crippen LogP contribution in [0.25, 0.3) is 0 Å². The van der Waals surface area contributed by atoms with E-state index in [-0.39, 0.29) is 11.9 Å². The van der Waals surface area contributed by atoms with Crippen LogP contribution in [0.1, 0.15) is 34.7 Å². The van der Waals surface area contributed by atoms with E-state index in [2.05, 4.69) is 51.2 Å². The lowest BCUT2D eigenvalue weighted by Gasteiger charge is -2.15. The van der Waals surface area contributed by atoms with Gasteiger partial charge in [-0.15, -0.1) is 0 Å². The molecule has 5 nitrogen and oxygen atoms in total. The summed E-state index contributed by atoms with van der Waals surface area (Å²) in [4.78, 5) is 19.4. The summed E-state index contributed by atoms with van der Waals surface area (Å²) < 4.78 is 4.60. The van der Waals surface area contributed by atoms with Gasteiger partial charge in [-0.25, -0.2) is 14.8 Å². The van der Waals surface area contributed by atoms with Gasteiger partial charge in [0, 0.05) is 12.2 Å². The van der Waals surface area contributed by atoms with Gasteiger partial charge < -0.3 is 10.1 Å². The molecule has 1 unspecified atom stereocenters. The summed E-state index contributed by atoms with van der Waals surface area (Å²) in [6.45, 7) is 4.08. The molecule has 0 aliphatic rings. The first kappa shape index (κ1) is 14.0. The standard InChI is InChI=1S/C15H17N3O2/c1-10-4-6-12(7-5-10)11(2)17-13-8-9-16-14(18-13)15(19)20-3/h4-9,11H,1-3H3,(H,16,17,18). The molecule has 1 aromatic heterocycles. The maximum absolute atomic E-state index is 11.4. The number of carbonyl (C=O) groups excluding carboxylic acids is 1. The van der Waals surface area contributed by atoms with Gasteiger partial charge in [-0.3, -0.25) is 0 Å². The van der Waals surface area contributed by atoms with Crippen molar-refractivity contribution in [2.24, 2.45) is 0 Å². The molecule has 2 aromatic rings. The summed E-state index contributed by atoms with van der Waals surface area (Å²) in [5, 5.41) is 3.24. The predicted octanol–water partition coefficient (Wildman–Crippen LogP) is 2.74. The quantitative estimate of drug-likeness (QED) is 0.866. The molecule has 2 rings (SSSR count). The molecule has 20 heavy (non-hydrogen) atoms. The second kappa shape index (κ2) is 6.14. The molecule has 0 aliphatic heterocycles. The number of ether oxygens (including phenoxy) is 1. The highest BCUT2D eigenvalue weighted by atomic mass is 16.5. The minimum Gasteiger partial charge on any atom is -0.463 e. The monoisotopic (exact) mass is 271 g/mol. The number of anilines is 1. The number of nitrogens with one attached hydrogen (secondary N) is 1. The van der Waals surface area contributed by atoms with Gasteiger partial charge in [0.2, 0.25) is 5.82 Å². The summed E-state index contributed by atoms with van der Waals surface area (Å²) in [5.41, 5.74) is 2.37. The number of rotatable bonds is 4. The number of benzene rings is 1. The van der Waals surface area contributed by atoms with Crippen molar-refractivity contribution >= 4 is 11.8 Å². The zero-order chi connectivity index (χ0) is 14.5. The SMILES string of the molecule is COC(=O)c1nccc(NC(C)c2ccc(C)cc2)n1. The molecule has 1 atom stereocenters. The molecule has 0 spiro atoms.